The molecule has 1 N–H and O–H groups in total. The Morgan fingerprint density at radius 1 is 1.29 bits per heavy atom. The standard InChI is InChI=1S/C8H4BrF3N2/c9-5-2-1-4(8(10,11)12)6-7(5)14-3-13-6/h1-3H,(H,13,14). The van der Waals surface area contributed by atoms with Crippen LogP contribution < -0.4 is 0 Å². The average molecular weight is 265 g/mol. The van der Waals surface area contributed by atoms with Crippen LogP contribution in [0.5, 0.6) is 0 Å². The highest BCUT2D eigenvalue weighted by Gasteiger charge is 2.33. The first-order valence-electron chi connectivity index (χ1n) is 3.69. The summed E-state index contributed by atoms with van der Waals surface area (Å²) in [7, 11) is 0. The normalized spacial score (nSPS) is 12.3. The third-order valence-corrected chi connectivity index (χ3v) is 2.50. The van der Waals surface area contributed by atoms with Crippen molar-refractivity contribution in [1.29, 1.82) is 0 Å². The molecule has 2 rings (SSSR count). The smallest absolute Gasteiger partial charge is 0.344 e. The number of hydrogen-bond acceptors (Lipinski definition) is 1. The van der Waals surface area contributed by atoms with E-state index in [-0.39, 0.29) is 5.52 Å². The Hall–Kier alpha value is -1.04. The summed E-state index contributed by atoms with van der Waals surface area (Å²) < 4.78 is 37.9. The Morgan fingerprint density at radius 3 is 2.64 bits per heavy atom. The van der Waals surface area contributed by atoms with Crippen LogP contribution in [-0.4, -0.2) is 9.97 Å². The minimum Gasteiger partial charge on any atom is -0.344 e. The van der Waals surface area contributed by atoms with Crippen molar-refractivity contribution < 1.29 is 13.2 Å². The first-order valence-corrected chi connectivity index (χ1v) is 4.48. The number of H-pyrrole nitrogens is 1. The van der Waals surface area contributed by atoms with Gasteiger partial charge in [0.05, 0.1) is 17.4 Å². The number of nitrogens with one attached hydrogen (secondary N) is 1. The van der Waals surface area contributed by atoms with Crippen molar-refractivity contribution in [3.8, 4) is 0 Å². The zero-order chi connectivity index (χ0) is 10.3. The Kier molecular flexibility index (Phi) is 2.02. The number of rotatable bonds is 0. The lowest BCUT2D eigenvalue weighted by atomic mass is 10.2. The van der Waals surface area contributed by atoms with Crippen LogP contribution in [0.4, 0.5) is 13.2 Å². The molecular formula is C8H4BrF3N2. The zero-order valence-corrected chi connectivity index (χ0v) is 8.28. The van der Waals surface area contributed by atoms with E-state index in [9.17, 15) is 13.2 Å². The Bertz CT molecular complexity index is 475. The maximum Gasteiger partial charge on any atom is 0.418 e. The molecule has 0 saturated carbocycles. The van der Waals surface area contributed by atoms with Crippen molar-refractivity contribution in [2.24, 2.45) is 0 Å². The van der Waals surface area contributed by atoms with Gasteiger partial charge in [0, 0.05) is 4.47 Å². The molecule has 1 heterocycles. The summed E-state index contributed by atoms with van der Waals surface area (Å²) in [5, 5.41) is 0. The van der Waals surface area contributed by atoms with E-state index in [0.29, 0.717) is 9.99 Å². The van der Waals surface area contributed by atoms with Gasteiger partial charge >= 0.3 is 6.18 Å². The largest absolute Gasteiger partial charge is 0.418 e. The third kappa shape index (κ3) is 1.39. The van der Waals surface area contributed by atoms with Crippen molar-refractivity contribution >= 4 is 27.0 Å². The highest BCUT2D eigenvalue weighted by molar-refractivity contribution is 9.10. The third-order valence-electron chi connectivity index (χ3n) is 1.84. The zero-order valence-electron chi connectivity index (χ0n) is 6.69. The summed E-state index contributed by atoms with van der Waals surface area (Å²) in [5.41, 5.74) is -0.427. The van der Waals surface area contributed by atoms with Crippen LogP contribution in [0.1, 0.15) is 5.56 Å². The van der Waals surface area contributed by atoms with Gasteiger partial charge in [-0.2, -0.15) is 13.2 Å². The van der Waals surface area contributed by atoms with Gasteiger partial charge in [-0.15, -0.1) is 0 Å². The van der Waals surface area contributed by atoms with E-state index in [1.54, 1.807) is 0 Å². The molecule has 74 valence electrons. The quantitative estimate of drug-likeness (QED) is 0.777. The van der Waals surface area contributed by atoms with E-state index < -0.39 is 11.7 Å². The average Bonchev–Trinajstić information content (AvgIpc) is 2.50. The Morgan fingerprint density at radius 2 is 2.00 bits per heavy atom. The molecule has 1 aromatic heterocycles. The molecule has 0 unspecified atom stereocenters. The van der Waals surface area contributed by atoms with Gasteiger partial charge in [0.1, 0.15) is 5.52 Å². The second kappa shape index (κ2) is 2.98. The molecule has 0 radical (unpaired) electrons. The fourth-order valence-electron chi connectivity index (χ4n) is 1.23. The van der Waals surface area contributed by atoms with E-state index >= 15 is 0 Å². The van der Waals surface area contributed by atoms with Crippen LogP contribution >= 0.6 is 15.9 Å². The summed E-state index contributed by atoms with van der Waals surface area (Å²) in [6.07, 6.45) is -3.13. The molecule has 0 bridgehead atoms. The van der Waals surface area contributed by atoms with Crippen LogP contribution in [-0.2, 0) is 6.18 Å². The number of nitrogens with zero attached hydrogens (tertiary/aromatic N) is 1. The molecule has 6 heteroatoms. The molecule has 0 atom stereocenters. The number of aromatic nitrogens is 2. The number of fused-ring (bicyclic) bond motifs is 1. The summed E-state index contributed by atoms with van der Waals surface area (Å²) in [6.45, 7) is 0. The van der Waals surface area contributed by atoms with Crippen molar-refractivity contribution in [1.82, 2.24) is 9.97 Å². The van der Waals surface area contributed by atoms with Crippen LogP contribution in [0.3, 0.4) is 0 Å². The summed E-state index contributed by atoms with van der Waals surface area (Å²) in [5.74, 6) is 0. The second-order valence-electron chi connectivity index (χ2n) is 2.72. The molecule has 0 fully saturated rings. The Balaban J connectivity index is 2.80. The highest BCUT2D eigenvalue weighted by atomic mass is 79.9. The van der Waals surface area contributed by atoms with Gasteiger partial charge in [0.15, 0.2) is 0 Å². The molecule has 0 aliphatic rings. The molecule has 2 nitrogen and oxygen atoms in total. The molecule has 0 aliphatic heterocycles. The molecule has 2 aromatic rings. The number of benzene rings is 1. The highest BCUT2D eigenvalue weighted by Crippen LogP contribution is 2.35. The molecule has 0 spiro atoms. The number of hydrogen-bond donors (Lipinski definition) is 1. The van der Waals surface area contributed by atoms with Gasteiger partial charge in [-0.3, -0.25) is 0 Å². The monoisotopic (exact) mass is 264 g/mol. The van der Waals surface area contributed by atoms with Crippen molar-refractivity contribution in [2.75, 3.05) is 0 Å². The predicted molar refractivity (Wildman–Crippen MR) is 48.8 cm³/mol. The molecule has 0 amide bonds. The van der Waals surface area contributed by atoms with Gasteiger partial charge in [-0.1, -0.05) is 0 Å². The van der Waals surface area contributed by atoms with Crippen LogP contribution in [0, 0.1) is 0 Å². The summed E-state index contributed by atoms with van der Waals surface area (Å²) in [4.78, 5) is 6.28. The summed E-state index contributed by atoms with van der Waals surface area (Å²) >= 11 is 3.14. The van der Waals surface area contributed by atoms with E-state index in [4.69, 9.17) is 0 Å². The van der Waals surface area contributed by atoms with Crippen LogP contribution in [0.25, 0.3) is 11.0 Å². The molecule has 14 heavy (non-hydrogen) atoms. The van der Waals surface area contributed by atoms with E-state index in [0.717, 1.165) is 6.07 Å². The number of aromatic amines is 1. The second-order valence-corrected chi connectivity index (χ2v) is 3.57. The van der Waals surface area contributed by atoms with Gasteiger partial charge in [-0.05, 0) is 28.1 Å². The van der Waals surface area contributed by atoms with Crippen molar-refractivity contribution in [3.63, 3.8) is 0 Å². The van der Waals surface area contributed by atoms with Gasteiger partial charge in [0.2, 0.25) is 0 Å². The van der Waals surface area contributed by atoms with Crippen LogP contribution in [0.15, 0.2) is 22.9 Å². The van der Waals surface area contributed by atoms with E-state index in [2.05, 4.69) is 25.9 Å². The minimum absolute atomic E-state index is 0.0631. The maximum atomic E-state index is 12.5. The van der Waals surface area contributed by atoms with Gasteiger partial charge in [-0.25, -0.2) is 4.98 Å². The molecular weight excluding hydrogens is 261 g/mol. The minimum atomic E-state index is -4.37. The summed E-state index contributed by atoms with van der Waals surface area (Å²) in [6, 6.07) is 2.36. The molecule has 1 aromatic carbocycles. The fraction of sp³-hybridized carbons (Fsp3) is 0.125. The van der Waals surface area contributed by atoms with Gasteiger partial charge < -0.3 is 4.98 Å². The van der Waals surface area contributed by atoms with Crippen molar-refractivity contribution in [3.05, 3.63) is 28.5 Å². The first kappa shape index (κ1) is 9.51. The lowest BCUT2D eigenvalue weighted by Gasteiger charge is -2.07. The fourth-order valence-corrected chi connectivity index (χ4v) is 1.66. The number of alkyl halides is 3. The van der Waals surface area contributed by atoms with E-state index in [1.165, 1.54) is 12.4 Å². The van der Waals surface area contributed by atoms with Gasteiger partial charge in [0.25, 0.3) is 0 Å². The number of halogens is 4. The topological polar surface area (TPSA) is 28.7 Å². The first-order chi connectivity index (χ1) is 6.50. The molecule has 0 saturated heterocycles. The van der Waals surface area contributed by atoms with E-state index in [1.807, 2.05) is 0 Å². The lowest BCUT2D eigenvalue weighted by Crippen LogP contribution is -2.05. The van der Waals surface area contributed by atoms with Crippen molar-refractivity contribution in [2.45, 2.75) is 6.18 Å². The van der Waals surface area contributed by atoms with Crippen LogP contribution in [0.2, 0.25) is 0 Å². The lowest BCUT2D eigenvalue weighted by molar-refractivity contribution is -0.136. The number of imidazole rings is 1. The Labute approximate surface area is 85.3 Å². The maximum absolute atomic E-state index is 12.5. The molecule has 0 aliphatic carbocycles. The SMILES string of the molecule is FC(F)(F)c1ccc(Br)c2[nH]cnc12. The predicted octanol–water partition coefficient (Wildman–Crippen LogP) is 3.34.